The predicted octanol–water partition coefficient (Wildman–Crippen LogP) is 5.60. The van der Waals surface area contributed by atoms with Crippen molar-refractivity contribution in [3.05, 3.63) is 130 Å². The second kappa shape index (κ2) is 9.77. The van der Waals surface area contributed by atoms with Crippen LogP contribution in [-0.2, 0) is 12.8 Å². The average molecular weight is 468 g/mol. The highest BCUT2D eigenvalue weighted by molar-refractivity contribution is 6.30. The van der Waals surface area contributed by atoms with Crippen molar-refractivity contribution in [1.29, 1.82) is 0 Å². The first kappa shape index (κ1) is 21.7. The Kier molecular flexibility index (Phi) is 6.23. The number of hydrogen-bond acceptors (Lipinski definition) is 4. The van der Waals surface area contributed by atoms with Crippen LogP contribution in [0.5, 0.6) is 0 Å². The Morgan fingerprint density at radius 1 is 0.853 bits per heavy atom. The highest BCUT2D eigenvalue weighted by Gasteiger charge is 2.15. The monoisotopic (exact) mass is 467 g/mol. The number of aromatic nitrogens is 4. The molecule has 168 valence electrons. The average Bonchev–Trinajstić information content (AvgIpc) is 3.41. The number of aryl methyl sites for hydroxylation is 2. The summed E-state index contributed by atoms with van der Waals surface area (Å²) in [4.78, 5) is 17.6. The molecule has 0 unspecified atom stereocenters. The lowest BCUT2D eigenvalue weighted by atomic mass is 10.0. The molecule has 7 heteroatoms. The fraction of sp³-hybridized carbons (Fsp3) is 0.0741. The first-order valence-electron chi connectivity index (χ1n) is 10.9. The number of hydrogen-bond donors (Lipinski definition) is 1. The van der Waals surface area contributed by atoms with Crippen LogP contribution in [0.1, 0.15) is 11.1 Å². The van der Waals surface area contributed by atoms with Gasteiger partial charge >= 0.3 is 0 Å². The van der Waals surface area contributed by atoms with Gasteiger partial charge in [0.2, 0.25) is 0 Å². The van der Waals surface area contributed by atoms with Crippen molar-refractivity contribution in [2.45, 2.75) is 12.8 Å². The molecule has 0 amide bonds. The Balaban J connectivity index is 1.44. The molecule has 0 bridgehead atoms. The minimum Gasteiger partial charge on any atom is -0.349 e. The van der Waals surface area contributed by atoms with Crippen LogP contribution in [0.2, 0.25) is 5.02 Å². The van der Waals surface area contributed by atoms with E-state index in [2.05, 4.69) is 51.8 Å². The SMILES string of the molecule is O=c1c(Nc2ccc(CCc3ccccc3)cc2)c(-n2ccnc2)cnn1-c1ccc(Cl)cc1. The Labute approximate surface area is 202 Å². The third kappa shape index (κ3) is 4.77. The molecule has 5 aromatic rings. The van der Waals surface area contributed by atoms with Crippen molar-refractivity contribution < 1.29 is 0 Å². The van der Waals surface area contributed by atoms with Crippen LogP contribution >= 0.6 is 11.6 Å². The summed E-state index contributed by atoms with van der Waals surface area (Å²) in [5.74, 6) is 0. The predicted molar refractivity (Wildman–Crippen MR) is 136 cm³/mol. The zero-order valence-electron chi connectivity index (χ0n) is 18.3. The number of rotatable bonds is 7. The molecule has 34 heavy (non-hydrogen) atoms. The second-order valence-corrected chi connectivity index (χ2v) is 8.31. The summed E-state index contributed by atoms with van der Waals surface area (Å²) in [6, 6.07) is 25.6. The van der Waals surface area contributed by atoms with Crippen LogP contribution in [0, 0.1) is 0 Å². The van der Waals surface area contributed by atoms with E-state index >= 15 is 0 Å². The van der Waals surface area contributed by atoms with E-state index in [0.717, 1.165) is 18.5 Å². The summed E-state index contributed by atoms with van der Waals surface area (Å²) in [6.07, 6.45) is 8.66. The number of nitrogens with zero attached hydrogens (tertiary/aromatic N) is 4. The summed E-state index contributed by atoms with van der Waals surface area (Å²) in [6.45, 7) is 0. The fourth-order valence-electron chi connectivity index (χ4n) is 3.76. The summed E-state index contributed by atoms with van der Waals surface area (Å²) in [5.41, 5.74) is 4.73. The van der Waals surface area contributed by atoms with Gasteiger partial charge in [0.15, 0.2) is 0 Å². The van der Waals surface area contributed by atoms with Crippen molar-refractivity contribution in [1.82, 2.24) is 19.3 Å². The molecule has 2 aromatic heterocycles. The molecular formula is C27H22ClN5O. The van der Waals surface area contributed by atoms with E-state index < -0.39 is 0 Å². The van der Waals surface area contributed by atoms with Crippen LogP contribution in [0.25, 0.3) is 11.4 Å². The Hall–Kier alpha value is -4.16. The maximum absolute atomic E-state index is 13.5. The van der Waals surface area contributed by atoms with Crippen molar-refractivity contribution >= 4 is 23.0 Å². The Morgan fingerprint density at radius 2 is 1.56 bits per heavy atom. The zero-order valence-corrected chi connectivity index (χ0v) is 19.1. The van der Waals surface area contributed by atoms with Gasteiger partial charge in [0.25, 0.3) is 5.56 Å². The van der Waals surface area contributed by atoms with Crippen LogP contribution in [0.4, 0.5) is 11.4 Å². The van der Waals surface area contributed by atoms with Crippen molar-refractivity contribution in [3.8, 4) is 11.4 Å². The molecule has 3 aromatic carbocycles. The number of benzene rings is 3. The normalized spacial score (nSPS) is 10.9. The highest BCUT2D eigenvalue weighted by Crippen LogP contribution is 2.22. The van der Waals surface area contributed by atoms with E-state index in [1.807, 2.05) is 18.2 Å². The van der Waals surface area contributed by atoms with Crippen LogP contribution in [0.15, 0.2) is 109 Å². The van der Waals surface area contributed by atoms with Crippen LogP contribution in [0.3, 0.4) is 0 Å². The van der Waals surface area contributed by atoms with Gasteiger partial charge in [0.1, 0.15) is 5.69 Å². The molecule has 2 heterocycles. The van der Waals surface area contributed by atoms with E-state index in [4.69, 9.17) is 11.6 Å². The third-order valence-electron chi connectivity index (χ3n) is 5.58. The summed E-state index contributed by atoms with van der Waals surface area (Å²) in [7, 11) is 0. The molecule has 5 rings (SSSR count). The second-order valence-electron chi connectivity index (χ2n) is 7.88. The van der Waals surface area contributed by atoms with Gasteiger partial charge in [-0.1, -0.05) is 54.1 Å². The van der Waals surface area contributed by atoms with Crippen molar-refractivity contribution in [3.63, 3.8) is 0 Å². The lowest BCUT2D eigenvalue weighted by molar-refractivity contribution is 0.799. The lowest BCUT2D eigenvalue weighted by Gasteiger charge is -2.14. The number of imidazole rings is 1. The summed E-state index contributed by atoms with van der Waals surface area (Å²) >= 11 is 6.01. The van der Waals surface area contributed by atoms with Crippen LogP contribution in [-0.4, -0.2) is 19.3 Å². The Bertz CT molecular complexity index is 1430. The topological polar surface area (TPSA) is 64.7 Å². The molecule has 0 aliphatic rings. The first-order valence-corrected chi connectivity index (χ1v) is 11.3. The standard InChI is InChI=1S/C27H22ClN5O/c28-22-10-14-24(15-11-22)33-27(34)26(25(18-30-33)32-17-16-29-19-32)31-23-12-8-21(9-13-23)7-6-20-4-2-1-3-5-20/h1-5,8-19,31H,6-7H2. The number of nitrogens with one attached hydrogen (secondary N) is 1. The van der Waals surface area contributed by atoms with Gasteiger partial charge in [-0.25, -0.2) is 4.98 Å². The van der Waals surface area contributed by atoms with Gasteiger partial charge in [-0.05, 0) is 60.4 Å². The molecular weight excluding hydrogens is 446 g/mol. The van der Waals surface area contributed by atoms with Gasteiger partial charge in [0, 0.05) is 23.1 Å². The van der Waals surface area contributed by atoms with E-state index in [-0.39, 0.29) is 5.56 Å². The maximum atomic E-state index is 13.5. The molecule has 0 spiro atoms. The number of anilines is 2. The fourth-order valence-corrected chi connectivity index (χ4v) is 3.88. The van der Waals surface area contributed by atoms with Gasteiger partial charge in [0.05, 0.1) is 23.9 Å². The molecule has 0 atom stereocenters. The minimum absolute atomic E-state index is 0.276. The van der Waals surface area contributed by atoms with E-state index in [1.54, 1.807) is 53.8 Å². The van der Waals surface area contributed by atoms with Gasteiger partial charge in [-0.2, -0.15) is 9.78 Å². The summed E-state index contributed by atoms with van der Waals surface area (Å²) in [5, 5.41) is 8.27. The molecule has 0 saturated heterocycles. The van der Waals surface area contributed by atoms with Gasteiger partial charge < -0.3 is 9.88 Å². The van der Waals surface area contributed by atoms with Crippen molar-refractivity contribution in [2.24, 2.45) is 0 Å². The minimum atomic E-state index is -0.276. The third-order valence-corrected chi connectivity index (χ3v) is 5.83. The molecule has 0 fully saturated rings. The first-order chi connectivity index (χ1) is 16.7. The van der Waals surface area contributed by atoms with E-state index in [9.17, 15) is 4.79 Å². The lowest BCUT2D eigenvalue weighted by Crippen LogP contribution is -2.25. The molecule has 0 saturated carbocycles. The van der Waals surface area contributed by atoms with Gasteiger partial charge in [-0.3, -0.25) is 4.79 Å². The smallest absolute Gasteiger partial charge is 0.297 e. The molecule has 0 aliphatic carbocycles. The Morgan fingerprint density at radius 3 is 2.24 bits per heavy atom. The molecule has 0 radical (unpaired) electrons. The molecule has 1 N–H and O–H groups in total. The largest absolute Gasteiger partial charge is 0.349 e. The van der Waals surface area contributed by atoms with E-state index in [1.165, 1.54) is 15.8 Å². The summed E-state index contributed by atoms with van der Waals surface area (Å²) < 4.78 is 3.12. The highest BCUT2D eigenvalue weighted by atomic mass is 35.5. The molecule has 0 aliphatic heterocycles. The number of halogens is 1. The zero-order chi connectivity index (χ0) is 23.3. The van der Waals surface area contributed by atoms with Crippen LogP contribution < -0.4 is 10.9 Å². The molecule has 6 nitrogen and oxygen atoms in total. The van der Waals surface area contributed by atoms with Crippen molar-refractivity contribution in [2.75, 3.05) is 5.32 Å². The quantitative estimate of drug-likeness (QED) is 0.338. The van der Waals surface area contributed by atoms with E-state index in [0.29, 0.717) is 22.1 Å². The maximum Gasteiger partial charge on any atom is 0.297 e. The van der Waals surface area contributed by atoms with Gasteiger partial charge in [-0.15, -0.1) is 0 Å².